The Labute approximate surface area is 109 Å². The molecule has 1 N–H and O–H groups in total. The normalized spacial score (nSPS) is 11.6. The van der Waals surface area contributed by atoms with E-state index in [1.165, 1.54) is 0 Å². The second-order valence-corrected chi connectivity index (χ2v) is 5.05. The molecule has 0 radical (unpaired) electrons. The fourth-order valence-corrected chi connectivity index (χ4v) is 1.28. The van der Waals surface area contributed by atoms with Crippen molar-refractivity contribution < 1.29 is 9.53 Å². The molecule has 1 aromatic carbocycles. The average molecular weight is 247 g/mol. The third-order valence-electron chi connectivity index (χ3n) is 2.39. The summed E-state index contributed by atoms with van der Waals surface area (Å²) in [5.41, 5.74) is 0.591. The smallest absolute Gasteiger partial charge is 0.162 e. The summed E-state index contributed by atoms with van der Waals surface area (Å²) < 4.78 is 5.35. The number of ether oxygens (including phenoxy) is 1. The number of hydrogen-bond donors (Lipinski definition) is 1. The molecule has 0 saturated heterocycles. The van der Waals surface area contributed by atoms with Gasteiger partial charge in [-0.1, -0.05) is 20.8 Å². The second kappa shape index (κ2) is 6.24. The molecule has 3 nitrogen and oxygen atoms in total. The van der Waals surface area contributed by atoms with E-state index in [4.69, 9.17) is 4.74 Å². The molecule has 98 valence electrons. The third-order valence-corrected chi connectivity index (χ3v) is 2.39. The van der Waals surface area contributed by atoms with E-state index in [1.807, 2.05) is 52.0 Å². The van der Waals surface area contributed by atoms with Gasteiger partial charge < -0.3 is 10.1 Å². The lowest BCUT2D eigenvalue weighted by atomic mass is 9.91. The lowest BCUT2D eigenvalue weighted by Crippen LogP contribution is -2.17. The van der Waals surface area contributed by atoms with Crippen LogP contribution >= 0.6 is 0 Å². The molecular formula is C15H21NO2. The van der Waals surface area contributed by atoms with Crippen molar-refractivity contribution in [2.45, 2.75) is 27.7 Å². The molecule has 0 aromatic heterocycles. The number of allylic oxidation sites excluding steroid dienone is 1. The van der Waals surface area contributed by atoms with Gasteiger partial charge in [0.2, 0.25) is 0 Å². The molecule has 0 bridgehead atoms. The van der Waals surface area contributed by atoms with E-state index < -0.39 is 0 Å². The molecule has 0 atom stereocenters. The van der Waals surface area contributed by atoms with Gasteiger partial charge in [-0.2, -0.15) is 0 Å². The molecule has 1 aromatic rings. The molecule has 18 heavy (non-hydrogen) atoms. The van der Waals surface area contributed by atoms with Crippen molar-refractivity contribution in [3.05, 3.63) is 36.5 Å². The van der Waals surface area contributed by atoms with E-state index in [2.05, 4.69) is 5.32 Å². The predicted molar refractivity (Wildman–Crippen MR) is 74.8 cm³/mol. The molecule has 0 aliphatic carbocycles. The summed E-state index contributed by atoms with van der Waals surface area (Å²) in [7, 11) is 0. The van der Waals surface area contributed by atoms with Gasteiger partial charge in [-0.25, -0.2) is 0 Å². The van der Waals surface area contributed by atoms with Gasteiger partial charge in [-0.3, -0.25) is 4.79 Å². The lowest BCUT2D eigenvalue weighted by molar-refractivity contribution is -0.121. The van der Waals surface area contributed by atoms with Crippen LogP contribution in [-0.4, -0.2) is 12.4 Å². The Morgan fingerprint density at radius 2 is 1.89 bits per heavy atom. The first-order valence-corrected chi connectivity index (χ1v) is 6.14. The molecular weight excluding hydrogens is 226 g/mol. The van der Waals surface area contributed by atoms with Crippen molar-refractivity contribution in [3.63, 3.8) is 0 Å². The van der Waals surface area contributed by atoms with Crippen LogP contribution in [0.1, 0.15) is 27.7 Å². The lowest BCUT2D eigenvalue weighted by Gasteiger charge is -2.13. The minimum absolute atomic E-state index is 0.0981. The van der Waals surface area contributed by atoms with Gasteiger partial charge in [-0.05, 0) is 37.3 Å². The highest BCUT2D eigenvalue weighted by Crippen LogP contribution is 2.17. The number of nitrogens with one attached hydrogen (secondary N) is 1. The standard InChI is InChI=1S/C15H21NO2/c1-5-18-13-8-6-12(7-9-13)16-11-10-14(17)15(2,3)4/h6-11,16H,5H2,1-4H3/b11-10+. The fourth-order valence-electron chi connectivity index (χ4n) is 1.28. The van der Waals surface area contributed by atoms with E-state index in [0.717, 1.165) is 11.4 Å². The summed E-state index contributed by atoms with van der Waals surface area (Å²) in [5, 5.41) is 3.06. The number of carbonyl (C=O) groups excluding carboxylic acids is 1. The van der Waals surface area contributed by atoms with E-state index in [1.54, 1.807) is 12.3 Å². The monoisotopic (exact) mass is 247 g/mol. The highest BCUT2D eigenvalue weighted by Gasteiger charge is 2.17. The van der Waals surface area contributed by atoms with Crippen LogP contribution in [0.4, 0.5) is 5.69 Å². The highest BCUT2D eigenvalue weighted by molar-refractivity contribution is 5.94. The summed E-state index contributed by atoms with van der Waals surface area (Å²) in [6, 6.07) is 7.62. The Kier molecular flexibility index (Phi) is 4.95. The topological polar surface area (TPSA) is 38.3 Å². The molecule has 0 heterocycles. The molecule has 1 rings (SSSR count). The molecule has 0 aliphatic heterocycles. The fraction of sp³-hybridized carbons (Fsp3) is 0.400. The maximum absolute atomic E-state index is 11.6. The van der Waals surface area contributed by atoms with Crippen LogP contribution in [0.5, 0.6) is 5.75 Å². The summed E-state index contributed by atoms with van der Waals surface area (Å²) >= 11 is 0. The predicted octanol–water partition coefficient (Wildman–Crippen LogP) is 3.63. The Bertz CT molecular complexity index is 413. The van der Waals surface area contributed by atoms with Crippen LogP contribution in [0.2, 0.25) is 0 Å². The van der Waals surface area contributed by atoms with E-state index in [-0.39, 0.29) is 11.2 Å². The van der Waals surface area contributed by atoms with Crippen molar-refractivity contribution >= 4 is 11.5 Å². The number of rotatable bonds is 5. The third kappa shape index (κ3) is 4.62. The number of anilines is 1. The zero-order valence-electron chi connectivity index (χ0n) is 11.5. The maximum atomic E-state index is 11.6. The van der Waals surface area contributed by atoms with Crippen molar-refractivity contribution in [3.8, 4) is 5.75 Å². The number of ketones is 1. The molecule has 0 amide bonds. The van der Waals surface area contributed by atoms with Gasteiger partial charge in [0, 0.05) is 17.3 Å². The van der Waals surface area contributed by atoms with Crippen LogP contribution < -0.4 is 10.1 Å². The average Bonchev–Trinajstić information content (AvgIpc) is 2.30. The summed E-state index contributed by atoms with van der Waals surface area (Å²) in [4.78, 5) is 11.6. The van der Waals surface area contributed by atoms with E-state index >= 15 is 0 Å². The van der Waals surface area contributed by atoms with Gasteiger partial charge in [0.25, 0.3) is 0 Å². The van der Waals surface area contributed by atoms with Crippen molar-refractivity contribution in [2.24, 2.45) is 5.41 Å². The zero-order valence-corrected chi connectivity index (χ0v) is 11.5. The summed E-state index contributed by atoms with van der Waals surface area (Å²) in [6.45, 7) is 8.31. The Balaban J connectivity index is 2.53. The van der Waals surface area contributed by atoms with Crippen molar-refractivity contribution in [1.29, 1.82) is 0 Å². The van der Waals surface area contributed by atoms with Gasteiger partial charge >= 0.3 is 0 Å². The highest BCUT2D eigenvalue weighted by atomic mass is 16.5. The van der Waals surface area contributed by atoms with E-state index in [9.17, 15) is 4.79 Å². The minimum atomic E-state index is -0.336. The molecule has 0 spiro atoms. The van der Waals surface area contributed by atoms with Gasteiger partial charge in [0.1, 0.15) is 5.75 Å². The van der Waals surface area contributed by atoms with Crippen LogP contribution in [0.3, 0.4) is 0 Å². The SMILES string of the molecule is CCOc1ccc(N/C=C/C(=O)C(C)(C)C)cc1. The number of carbonyl (C=O) groups is 1. The maximum Gasteiger partial charge on any atom is 0.162 e. The minimum Gasteiger partial charge on any atom is -0.494 e. The molecule has 0 aliphatic rings. The Hall–Kier alpha value is -1.77. The summed E-state index contributed by atoms with van der Waals surface area (Å²) in [6.07, 6.45) is 3.24. The van der Waals surface area contributed by atoms with Crippen LogP contribution in [0, 0.1) is 5.41 Å². The summed E-state index contributed by atoms with van der Waals surface area (Å²) in [5.74, 6) is 0.943. The Morgan fingerprint density at radius 1 is 1.28 bits per heavy atom. The number of benzene rings is 1. The van der Waals surface area contributed by atoms with Crippen molar-refractivity contribution in [2.75, 3.05) is 11.9 Å². The first kappa shape index (κ1) is 14.3. The molecule has 0 unspecified atom stereocenters. The molecule has 0 fully saturated rings. The second-order valence-electron chi connectivity index (χ2n) is 5.05. The van der Waals surface area contributed by atoms with E-state index in [0.29, 0.717) is 6.61 Å². The molecule has 0 saturated carbocycles. The van der Waals surface area contributed by atoms with Crippen LogP contribution in [0.15, 0.2) is 36.5 Å². The van der Waals surface area contributed by atoms with Gasteiger partial charge in [0.05, 0.1) is 6.61 Å². The van der Waals surface area contributed by atoms with Gasteiger partial charge in [0.15, 0.2) is 5.78 Å². The largest absolute Gasteiger partial charge is 0.494 e. The molecule has 3 heteroatoms. The van der Waals surface area contributed by atoms with Gasteiger partial charge in [-0.15, -0.1) is 0 Å². The van der Waals surface area contributed by atoms with Crippen LogP contribution in [-0.2, 0) is 4.79 Å². The zero-order chi connectivity index (χ0) is 13.6. The number of hydrogen-bond acceptors (Lipinski definition) is 3. The first-order valence-electron chi connectivity index (χ1n) is 6.14. The van der Waals surface area contributed by atoms with Crippen LogP contribution in [0.25, 0.3) is 0 Å². The Morgan fingerprint density at radius 3 is 2.39 bits per heavy atom. The first-order chi connectivity index (χ1) is 8.43. The quantitative estimate of drug-likeness (QED) is 0.807. The van der Waals surface area contributed by atoms with Crippen molar-refractivity contribution in [1.82, 2.24) is 0 Å².